The fraction of sp³-hybridized carbons (Fsp3) is 0.308. The van der Waals surface area contributed by atoms with Gasteiger partial charge in [-0.2, -0.15) is 0 Å². The SMILES string of the molecule is CC.COC(F)(F)F.O=C(Cl)c1sc2ccccc2c1Cl. The minimum Gasteiger partial charge on any atom is -0.295 e. The number of fused-ring (bicyclic) bond motifs is 1. The van der Waals surface area contributed by atoms with Crippen molar-refractivity contribution < 1.29 is 22.7 Å². The molecule has 0 spiro atoms. The summed E-state index contributed by atoms with van der Waals surface area (Å²) in [6, 6.07) is 7.56. The number of carbonyl (C=O) groups excluding carboxylic acids is 1. The molecular weight excluding hydrogens is 348 g/mol. The molecule has 21 heavy (non-hydrogen) atoms. The van der Waals surface area contributed by atoms with Crippen LogP contribution in [0.4, 0.5) is 13.2 Å². The summed E-state index contributed by atoms with van der Waals surface area (Å²) in [4.78, 5) is 11.3. The molecule has 0 fully saturated rings. The number of halogens is 5. The third kappa shape index (κ3) is 6.65. The number of methoxy groups -OCH3 is 1. The smallest absolute Gasteiger partial charge is 0.295 e. The number of hydrogen-bond acceptors (Lipinski definition) is 3. The van der Waals surface area contributed by atoms with Crippen LogP contribution in [0.3, 0.4) is 0 Å². The van der Waals surface area contributed by atoms with E-state index in [1.165, 1.54) is 11.3 Å². The molecule has 118 valence electrons. The van der Waals surface area contributed by atoms with Gasteiger partial charge in [0.15, 0.2) is 0 Å². The molecule has 0 aliphatic carbocycles. The van der Waals surface area contributed by atoms with Crippen LogP contribution in [-0.2, 0) is 4.74 Å². The normalized spacial score (nSPS) is 10.3. The largest absolute Gasteiger partial charge is 0.522 e. The molecule has 0 radical (unpaired) electrons. The van der Waals surface area contributed by atoms with Crippen molar-refractivity contribution >= 4 is 49.9 Å². The molecule has 8 heteroatoms. The van der Waals surface area contributed by atoms with E-state index in [0.717, 1.165) is 10.1 Å². The van der Waals surface area contributed by atoms with E-state index in [-0.39, 0.29) is 0 Å². The molecule has 1 aromatic heterocycles. The van der Waals surface area contributed by atoms with Crippen molar-refractivity contribution in [3.05, 3.63) is 34.2 Å². The highest BCUT2D eigenvalue weighted by Crippen LogP contribution is 2.35. The Balaban J connectivity index is 0.000000427. The monoisotopic (exact) mass is 360 g/mol. The zero-order valence-corrected chi connectivity index (χ0v) is 13.8. The summed E-state index contributed by atoms with van der Waals surface area (Å²) < 4.78 is 35.6. The van der Waals surface area contributed by atoms with E-state index in [4.69, 9.17) is 23.2 Å². The molecule has 0 saturated heterocycles. The number of alkyl halides is 3. The van der Waals surface area contributed by atoms with Gasteiger partial charge in [-0.05, 0) is 17.7 Å². The molecule has 0 aliphatic heterocycles. The molecular formula is C13H13Cl2F3O2S. The molecule has 1 heterocycles. The first-order chi connectivity index (χ1) is 9.76. The van der Waals surface area contributed by atoms with Gasteiger partial charge < -0.3 is 0 Å². The highest BCUT2D eigenvalue weighted by atomic mass is 35.5. The molecule has 2 nitrogen and oxygen atoms in total. The van der Waals surface area contributed by atoms with Crippen LogP contribution in [0.1, 0.15) is 23.5 Å². The van der Waals surface area contributed by atoms with Crippen LogP contribution in [0.15, 0.2) is 24.3 Å². The number of ether oxygens (including phenoxy) is 1. The van der Waals surface area contributed by atoms with Crippen molar-refractivity contribution in [2.75, 3.05) is 7.11 Å². The fourth-order valence-electron chi connectivity index (χ4n) is 1.14. The van der Waals surface area contributed by atoms with Gasteiger partial charge >= 0.3 is 6.36 Å². The maximum absolute atomic E-state index is 10.9. The summed E-state index contributed by atoms with van der Waals surface area (Å²) in [5.41, 5.74) is 0. The van der Waals surface area contributed by atoms with Gasteiger partial charge in [-0.15, -0.1) is 24.5 Å². The third-order valence-corrected chi connectivity index (χ3v) is 3.92. The Kier molecular flexibility index (Phi) is 8.89. The van der Waals surface area contributed by atoms with E-state index >= 15 is 0 Å². The molecule has 0 amide bonds. The summed E-state index contributed by atoms with van der Waals surface area (Å²) in [6.45, 7) is 4.00. The Hall–Kier alpha value is -0.820. The van der Waals surface area contributed by atoms with E-state index in [9.17, 15) is 18.0 Å². The zero-order chi connectivity index (χ0) is 16.6. The van der Waals surface area contributed by atoms with Gasteiger partial charge in [0.25, 0.3) is 5.24 Å². The predicted molar refractivity (Wildman–Crippen MR) is 81.4 cm³/mol. The number of thiophene rings is 1. The second-order valence-electron chi connectivity index (χ2n) is 3.16. The van der Waals surface area contributed by atoms with Gasteiger partial charge in [0.2, 0.25) is 0 Å². The average molecular weight is 361 g/mol. The van der Waals surface area contributed by atoms with Gasteiger partial charge in [-0.25, -0.2) is 0 Å². The molecule has 0 atom stereocenters. The number of rotatable bonds is 1. The third-order valence-electron chi connectivity index (χ3n) is 1.94. The molecule has 0 aliphatic rings. The van der Waals surface area contributed by atoms with Crippen molar-refractivity contribution in [3.8, 4) is 0 Å². The number of carbonyl (C=O) groups is 1. The second kappa shape index (κ2) is 9.25. The summed E-state index contributed by atoms with van der Waals surface area (Å²) in [5, 5.41) is 0.852. The Labute approximate surface area is 134 Å². The van der Waals surface area contributed by atoms with Gasteiger partial charge in [-0.3, -0.25) is 9.53 Å². The van der Waals surface area contributed by atoms with Crippen molar-refractivity contribution in [2.45, 2.75) is 20.2 Å². The van der Waals surface area contributed by atoms with E-state index in [1.54, 1.807) is 0 Å². The Morgan fingerprint density at radius 1 is 1.24 bits per heavy atom. The zero-order valence-electron chi connectivity index (χ0n) is 11.4. The van der Waals surface area contributed by atoms with Crippen molar-refractivity contribution in [1.29, 1.82) is 0 Å². The van der Waals surface area contributed by atoms with Crippen LogP contribution in [-0.4, -0.2) is 18.7 Å². The second-order valence-corrected chi connectivity index (χ2v) is 4.94. The van der Waals surface area contributed by atoms with Crippen LogP contribution in [0.2, 0.25) is 5.02 Å². The lowest BCUT2D eigenvalue weighted by molar-refractivity contribution is -0.311. The van der Waals surface area contributed by atoms with Crippen LogP contribution >= 0.6 is 34.5 Å². The lowest BCUT2D eigenvalue weighted by atomic mass is 10.2. The Bertz CT molecular complexity index is 582. The fourth-order valence-corrected chi connectivity index (χ4v) is 2.75. The predicted octanol–water partition coefficient (Wildman–Crippen LogP) is 6.11. The number of benzene rings is 1. The van der Waals surface area contributed by atoms with Crippen LogP contribution in [0.25, 0.3) is 10.1 Å². The summed E-state index contributed by atoms with van der Waals surface area (Å²) >= 11 is 12.6. The highest BCUT2D eigenvalue weighted by molar-refractivity contribution is 7.23. The molecule has 2 aromatic rings. The minimum absolute atomic E-state index is 0.421. The summed E-state index contributed by atoms with van der Waals surface area (Å²) in [7, 11) is 0.583. The van der Waals surface area contributed by atoms with Crippen molar-refractivity contribution in [1.82, 2.24) is 0 Å². The first-order valence-electron chi connectivity index (χ1n) is 5.75. The lowest BCUT2D eigenvalue weighted by Crippen LogP contribution is -2.08. The molecule has 1 aromatic carbocycles. The molecule has 0 N–H and O–H groups in total. The maximum Gasteiger partial charge on any atom is 0.522 e. The van der Waals surface area contributed by atoms with Crippen LogP contribution in [0, 0.1) is 0 Å². The Morgan fingerprint density at radius 3 is 2.10 bits per heavy atom. The first kappa shape index (κ1) is 20.2. The van der Waals surface area contributed by atoms with Crippen molar-refractivity contribution in [2.24, 2.45) is 0 Å². The quantitative estimate of drug-likeness (QED) is 0.573. The minimum atomic E-state index is -4.46. The van der Waals surface area contributed by atoms with E-state index in [2.05, 4.69) is 4.74 Å². The summed E-state index contributed by atoms with van der Waals surface area (Å²) in [6.07, 6.45) is -4.46. The first-order valence-corrected chi connectivity index (χ1v) is 7.32. The standard InChI is InChI=1S/C9H4Cl2OS.C2H3F3O.C2H6/c10-7-5-3-1-2-4-6(5)13-8(7)9(11)12;1-6-2(3,4)5;1-2/h1-4H;1H3;1-2H3. The summed E-state index contributed by atoms with van der Waals surface area (Å²) in [5.74, 6) is 0. The molecule has 2 rings (SSSR count). The van der Waals surface area contributed by atoms with Crippen LogP contribution < -0.4 is 0 Å². The van der Waals surface area contributed by atoms with E-state index in [0.29, 0.717) is 17.0 Å². The highest BCUT2D eigenvalue weighted by Gasteiger charge is 2.25. The van der Waals surface area contributed by atoms with Gasteiger partial charge in [0.05, 0.1) is 5.02 Å². The molecule has 0 unspecified atom stereocenters. The average Bonchev–Trinajstić information content (AvgIpc) is 2.79. The van der Waals surface area contributed by atoms with E-state index in [1.807, 2.05) is 38.1 Å². The lowest BCUT2D eigenvalue weighted by Gasteiger charge is -1.97. The molecule has 0 bridgehead atoms. The van der Waals surface area contributed by atoms with Gasteiger partial charge in [0.1, 0.15) is 4.88 Å². The Morgan fingerprint density at radius 2 is 1.71 bits per heavy atom. The molecule has 0 saturated carbocycles. The van der Waals surface area contributed by atoms with Crippen molar-refractivity contribution in [3.63, 3.8) is 0 Å². The maximum atomic E-state index is 10.9. The van der Waals surface area contributed by atoms with Gasteiger partial charge in [0, 0.05) is 17.2 Å². The van der Waals surface area contributed by atoms with Gasteiger partial charge in [-0.1, -0.05) is 43.6 Å². The topological polar surface area (TPSA) is 26.3 Å². The van der Waals surface area contributed by atoms with Crippen LogP contribution in [0.5, 0.6) is 0 Å². The number of hydrogen-bond donors (Lipinski definition) is 0. The van der Waals surface area contributed by atoms with E-state index < -0.39 is 11.6 Å².